The van der Waals surface area contributed by atoms with E-state index in [1.165, 1.54) is 5.56 Å². The molecule has 22 heavy (non-hydrogen) atoms. The predicted molar refractivity (Wildman–Crippen MR) is 90.3 cm³/mol. The Kier molecular flexibility index (Phi) is 3.88. The molecule has 2 aromatic carbocycles. The second kappa shape index (κ2) is 5.98. The van der Waals surface area contributed by atoms with Crippen molar-refractivity contribution >= 4 is 22.5 Å². The Labute approximate surface area is 130 Å². The third kappa shape index (κ3) is 2.70. The standard InChI is InChI=1S/C19H18N2O/c1-3-14-9-10-16(13(2)12-14)19(22)21-17-8-4-6-15-7-5-11-20-18(15)17/h4-12H,3H2,1-2H3,(H,21,22). The molecule has 0 saturated heterocycles. The molecule has 3 rings (SSSR count). The summed E-state index contributed by atoms with van der Waals surface area (Å²) in [5.74, 6) is -0.0988. The van der Waals surface area contributed by atoms with Gasteiger partial charge in [0.05, 0.1) is 11.2 Å². The first kappa shape index (κ1) is 14.3. The highest BCUT2D eigenvalue weighted by molar-refractivity contribution is 6.09. The Bertz CT molecular complexity index is 834. The number of anilines is 1. The summed E-state index contributed by atoms with van der Waals surface area (Å²) < 4.78 is 0. The molecular formula is C19H18N2O. The highest BCUT2D eigenvalue weighted by atomic mass is 16.1. The Morgan fingerprint density at radius 3 is 2.73 bits per heavy atom. The van der Waals surface area contributed by atoms with Crippen LogP contribution in [0.5, 0.6) is 0 Å². The number of rotatable bonds is 3. The molecule has 0 atom stereocenters. The van der Waals surface area contributed by atoms with Gasteiger partial charge in [-0.2, -0.15) is 0 Å². The van der Waals surface area contributed by atoms with E-state index in [4.69, 9.17) is 0 Å². The normalized spacial score (nSPS) is 10.6. The van der Waals surface area contributed by atoms with Crippen LogP contribution in [-0.4, -0.2) is 10.9 Å². The Morgan fingerprint density at radius 2 is 1.95 bits per heavy atom. The van der Waals surface area contributed by atoms with Crippen LogP contribution >= 0.6 is 0 Å². The smallest absolute Gasteiger partial charge is 0.255 e. The van der Waals surface area contributed by atoms with E-state index in [9.17, 15) is 4.79 Å². The number of fused-ring (bicyclic) bond motifs is 1. The van der Waals surface area contributed by atoms with Crippen LogP contribution in [0.25, 0.3) is 10.9 Å². The van der Waals surface area contributed by atoms with Gasteiger partial charge < -0.3 is 5.32 Å². The van der Waals surface area contributed by atoms with Crippen molar-refractivity contribution in [3.8, 4) is 0 Å². The molecule has 1 aromatic heterocycles. The number of amides is 1. The van der Waals surface area contributed by atoms with Gasteiger partial charge in [-0.25, -0.2) is 0 Å². The third-order valence-electron chi connectivity index (χ3n) is 3.82. The molecule has 0 saturated carbocycles. The van der Waals surface area contributed by atoms with E-state index in [-0.39, 0.29) is 5.91 Å². The first-order valence-corrected chi connectivity index (χ1v) is 7.43. The molecule has 3 aromatic rings. The van der Waals surface area contributed by atoms with Gasteiger partial charge in [-0.05, 0) is 42.7 Å². The Morgan fingerprint density at radius 1 is 1.14 bits per heavy atom. The van der Waals surface area contributed by atoms with Gasteiger partial charge in [0.1, 0.15) is 0 Å². The number of carbonyl (C=O) groups is 1. The van der Waals surface area contributed by atoms with Crippen molar-refractivity contribution in [3.63, 3.8) is 0 Å². The van der Waals surface area contributed by atoms with E-state index in [1.807, 2.05) is 49.4 Å². The molecule has 110 valence electrons. The van der Waals surface area contributed by atoms with Crippen LogP contribution in [0.1, 0.15) is 28.4 Å². The largest absolute Gasteiger partial charge is 0.320 e. The van der Waals surface area contributed by atoms with E-state index < -0.39 is 0 Å². The van der Waals surface area contributed by atoms with Gasteiger partial charge in [-0.1, -0.05) is 37.3 Å². The summed E-state index contributed by atoms with van der Waals surface area (Å²) in [7, 11) is 0. The van der Waals surface area contributed by atoms with Crippen molar-refractivity contribution in [2.24, 2.45) is 0 Å². The van der Waals surface area contributed by atoms with Crippen LogP contribution in [0.3, 0.4) is 0 Å². The molecule has 0 unspecified atom stereocenters. The zero-order valence-corrected chi connectivity index (χ0v) is 12.8. The summed E-state index contributed by atoms with van der Waals surface area (Å²) >= 11 is 0. The summed E-state index contributed by atoms with van der Waals surface area (Å²) in [5, 5.41) is 3.99. The van der Waals surface area contributed by atoms with Crippen LogP contribution in [0.4, 0.5) is 5.69 Å². The zero-order chi connectivity index (χ0) is 15.5. The molecule has 1 amide bonds. The second-order valence-corrected chi connectivity index (χ2v) is 5.34. The highest BCUT2D eigenvalue weighted by Gasteiger charge is 2.11. The molecule has 1 heterocycles. The number of pyridine rings is 1. The van der Waals surface area contributed by atoms with Crippen LogP contribution < -0.4 is 5.32 Å². The average molecular weight is 290 g/mol. The van der Waals surface area contributed by atoms with Crippen molar-refractivity contribution in [1.82, 2.24) is 4.98 Å². The quantitative estimate of drug-likeness (QED) is 0.778. The van der Waals surface area contributed by atoms with Crippen molar-refractivity contribution in [2.75, 3.05) is 5.32 Å². The maximum Gasteiger partial charge on any atom is 0.255 e. The van der Waals surface area contributed by atoms with Gasteiger partial charge in [-0.3, -0.25) is 9.78 Å². The zero-order valence-electron chi connectivity index (χ0n) is 12.8. The van der Waals surface area contributed by atoms with Crippen molar-refractivity contribution < 1.29 is 4.79 Å². The van der Waals surface area contributed by atoms with E-state index in [1.54, 1.807) is 6.20 Å². The molecule has 3 heteroatoms. The maximum atomic E-state index is 12.5. The average Bonchev–Trinajstić information content (AvgIpc) is 2.55. The lowest BCUT2D eigenvalue weighted by molar-refractivity contribution is 0.102. The molecule has 0 radical (unpaired) electrons. The fraction of sp³-hybridized carbons (Fsp3) is 0.158. The van der Waals surface area contributed by atoms with E-state index >= 15 is 0 Å². The summed E-state index contributed by atoms with van der Waals surface area (Å²) in [4.78, 5) is 16.9. The van der Waals surface area contributed by atoms with Crippen LogP contribution in [-0.2, 0) is 6.42 Å². The molecule has 0 aliphatic heterocycles. The number of para-hydroxylation sites is 1. The number of hydrogen-bond donors (Lipinski definition) is 1. The second-order valence-electron chi connectivity index (χ2n) is 5.34. The molecule has 0 aliphatic rings. The lowest BCUT2D eigenvalue weighted by atomic mass is 10.0. The third-order valence-corrected chi connectivity index (χ3v) is 3.82. The summed E-state index contributed by atoms with van der Waals surface area (Å²) in [6, 6.07) is 15.6. The topological polar surface area (TPSA) is 42.0 Å². The lowest BCUT2D eigenvalue weighted by Gasteiger charge is -2.10. The molecule has 0 aliphatic carbocycles. The van der Waals surface area contributed by atoms with Gasteiger partial charge >= 0.3 is 0 Å². The van der Waals surface area contributed by atoms with Gasteiger partial charge in [0, 0.05) is 17.1 Å². The number of hydrogen-bond acceptors (Lipinski definition) is 2. The fourth-order valence-corrected chi connectivity index (χ4v) is 2.60. The predicted octanol–water partition coefficient (Wildman–Crippen LogP) is 4.36. The number of nitrogens with zero attached hydrogens (tertiary/aromatic N) is 1. The van der Waals surface area contributed by atoms with Crippen LogP contribution in [0.15, 0.2) is 54.7 Å². The molecular weight excluding hydrogens is 272 g/mol. The SMILES string of the molecule is CCc1ccc(C(=O)Nc2cccc3cccnc23)c(C)c1. The van der Waals surface area contributed by atoms with Gasteiger partial charge in [-0.15, -0.1) is 0 Å². The fourth-order valence-electron chi connectivity index (χ4n) is 2.60. The highest BCUT2D eigenvalue weighted by Crippen LogP contribution is 2.22. The van der Waals surface area contributed by atoms with Crippen molar-refractivity contribution in [2.45, 2.75) is 20.3 Å². The minimum Gasteiger partial charge on any atom is -0.320 e. The summed E-state index contributed by atoms with van der Waals surface area (Å²) in [6.45, 7) is 4.08. The van der Waals surface area contributed by atoms with Crippen molar-refractivity contribution in [3.05, 3.63) is 71.4 Å². The molecule has 3 nitrogen and oxygen atoms in total. The van der Waals surface area contributed by atoms with E-state index in [0.717, 1.165) is 28.6 Å². The Hall–Kier alpha value is -2.68. The number of benzene rings is 2. The summed E-state index contributed by atoms with van der Waals surface area (Å²) in [5.41, 5.74) is 4.47. The minimum atomic E-state index is -0.0988. The number of carbonyl (C=O) groups excluding carboxylic acids is 1. The lowest BCUT2D eigenvalue weighted by Crippen LogP contribution is -2.14. The molecule has 1 N–H and O–H groups in total. The Balaban J connectivity index is 1.93. The first-order valence-electron chi connectivity index (χ1n) is 7.43. The minimum absolute atomic E-state index is 0.0988. The summed E-state index contributed by atoms with van der Waals surface area (Å²) in [6.07, 6.45) is 2.70. The first-order chi connectivity index (χ1) is 10.7. The monoisotopic (exact) mass is 290 g/mol. The number of aromatic nitrogens is 1. The van der Waals surface area contributed by atoms with Crippen LogP contribution in [0, 0.1) is 6.92 Å². The van der Waals surface area contributed by atoms with Gasteiger partial charge in [0.25, 0.3) is 5.91 Å². The van der Waals surface area contributed by atoms with Gasteiger partial charge in [0.15, 0.2) is 0 Å². The molecule has 0 bridgehead atoms. The van der Waals surface area contributed by atoms with Crippen LogP contribution in [0.2, 0.25) is 0 Å². The van der Waals surface area contributed by atoms with Crippen molar-refractivity contribution in [1.29, 1.82) is 0 Å². The maximum absolute atomic E-state index is 12.5. The molecule has 0 spiro atoms. The molecule has 0 fully saturated rings. The van der Waals surface area contributed by atoms with Gasteiger partial charge in [0.2, 0.25) is 0 Å². The van der Waals surface area contributed by atoms with E-state index in [2.05, 4.69) is 23.3 Å². The van der Waals surface area contributed by atoms with E-state index in [0.29, 0.717) is 5.56 Å². The number of nitrogens with one attached hydrogen (secondary N) is 1. The number of aryl methyl sites for hydroxylation is 2.